The van der Waals surface area contributed by atoms with Gasteiger partial charge in [-0.05, 0) is 54.5 Å². The largest absolute Gasteiger partial charge is 0.426 e. The van der Waals surface area contributed by atoms with Crippen LogP contribution in [0.4, 0.5) is 5.69 Å². The predicted molar refractivity (Wildman–Crippen MR) is 119 cm³/mol. The summed E-state index contributed by atoms with van der Waals surface area (Å²) in [6.07, 6.45) is 3.02. The van der Waals surface area contributed by atoms with Gasteiger partial charge in [-0.1, -0.05) is 51.5 Å². The monoisotopic (exact) mass is 412 g/mol. The van der Waals surface area contributed by atoms with Crippen molar-refractivity contribution in [1.82, 2.24) is 5.32 Å². The summed E-state index contributed by atoms with van der Waals surface area (Å²) >= 11 is 0. The molecule has 0 aliphatic carbocycles. The van der Waals surface area contributed by atoms with E-state index in [1.165, 1.54) is 29.3 Å². The van der Waals surface area contributed by atoms with E-state index in [2.05, 4.69) is 50.4 Å². The number of benzene rings is 2. The second-order valence-electron chi connectivity index (χ2n) is 8.62. The van der Waals surface area contributed by atoms with Gasteiger partial charge in [0.05, 0.1) is 4.92 Å². The van der Waals surface area contributed by atoms with E-state index in [-0.39, 0.29) is 17.1 Å². The van der Waals surface area contributed by atoms with Crippen molar-refractivity contribution in [2.75, 3.05) is 6.54 Å². The van der Waals surface area contributed by atoms with E-state index in [4.69, 9.17) is 4.74 Å². The summed E-state index contributed by atoms with van der Waals surface area (Å²) in [7, 11) is 0. The molecule has 0 radical (unpaired) electrons. The SMILES string of the molecule is Cc1cc([N+](=O)[O-])ccc1OC(=O)CCCCCNCc1ccc(C(C)(C)C)cc1. The van der Waals surface area contributed by atoms with Gasteiger partial charge in [0, 0.05) is 25.1 Å². The second-order valence-corrected chi connectivity index (χ2v) is 8.62. The van der Waals surface area contributed by atoms with Crippen molar-refractivity contribution in [3.63, 3.8) is 0 Å². The van der Waals surface area contributed by atoms with Gasteiger partial charge in [0.1, 0.15) is 5.75 Å². The van der Waals surface area contributed by atoms with Crippen LogP contribution < -0.4 is 10.1 Å². The highest BCUT2D eigenvalue weighted by Gasteiger charge is 2.13. The molecule has 0 fully saturated rings. The molecule has 0 saturated carbocycles. The lowest BCUT2D eigenvalue weighted by Gasteiger charge is -2.19. The van der Waals surface area contributed by atoms with Crippen LogP contribution in [0.2, 0.25) is 0 Å². The van der Waals surface area contributed by atoms with Gasteiger partial charge in [-0.25, -0.2) is 0 Å². The molecule has 6 heteroatoms. The summed E-state index contributed by atoms with van der Waals surface area (Å²) in [5, 5.41) is 14.2. The number of esters is 1. The summed E-state index contributed by atoms with van der Waals surface area (Å²) in [6.45, 7) is 10.1. The lowest BCUT2D eigenvalue weighted by Crippen LogP contribution is -2.15. The van der Waals surface area contributed by atoms with Crippen LogP contribution in [0.3, 0.4) is 0 Å². The molecule has 0 saturated heterocycles. The average Bonchev–Trinajstić information content (AvgIpc) is 2.68. The van der Waals surface area contributed by atoms with Crippen LogP contribution in [0.5, 0.6) is 5.75 Å². The number of rotatable bonds is 10. The molecule has 30 heavy (non-hydrogen) atoms. The summed E-state index contributed by atoms with van der Waals surface area (Å²) in [4.78, 5) is 22.3. The molecular formula is C24H32N2O4. The van der Waals surface area contributed by atoms with E-state index in [1.807, 2.05) is 0 Å². The number of unbranched alkanes of at least 4 members (excludes halogenated alkanes) is 2. The van der Waals surface area contributed by atoms with E-state index >= 15 is 0 Å². The minimum absolute atomic E-state index is 0.00931. The molecule has 0 amide bonds. The van der Waals surface area contributed by atoms with Crippen molar-refractivity contribution in [1.29, 1.82) is 0 Å². The maximum Gasteiger partial charge on any atom is 0.311 e. The molecule has 0 bridgehead atoms. The summed E-state index contributed by atoms with van der Waals surface area (Å²) in [5.41, 5.74) is 3.35. The number of carbonyl (C=O) groups excluding carboxylic acids is 1. The maximum atomic E-state index is 12.0. The van der Waals surface area contributed by atoms with E-state index in [1.54, 1.807) is 6.92 Å². The standard InChI is InChI=1S/C24H32N2O4/c1-18-16-21(26(28)29)13-14-22(18)30-23(27)8-6-5-7-15-25-17-19-9-11-20(12-10-19)24(2,3)4/h9-14,16,25H,5-8,15,17H2,1-4H3. The van der Waals surface area contributed by atoms with Gasteiger partial charge in [-0.2, -0.15) is 0 Å². The molecule has 0 unspecified atom stereocenters. The average molecular weight is 413 g/mol. The van der Waals surface area contributed by atoms with Crippen LogP contribution in [0.15, 0.2) is 42.5 Å². The van der Waals surface area contributed by atoms with Crippen molar-refractivity contribution < 1.29 is 14.5 Å². The molecule has 2 aromatic carbocycles. The smallest absolute Gasteiger partial charge is 0.311 e. The number of hydrogen-bond donors (Lipinski definition) is 1. The third-order valence-electron chi connectivity index (χ3n) is 4.98. The van der Waals surface area contributed by atoms with Gasteiger partial charge in [0.25, 0.3) is 5.69 Å². The van der Waals surface area contributed by atoms with Gasteiger partial charge in [-0.15, -0.1) is 0 Å². The summed E-state index contributed by atoms with van der Waals surface area (Å²) in [5.74, 6) is 0.0728. The fourth-order valence-electron chi connectivity index (χ4n) is 3.09. The van der Waals surface area contributed by atoms with E-state index in [0.717, 1.165) is 32.4 Å². The molecule has 162 valence electrons. The fourth-order valence-corrected chi connectivity index (χ4v) is 3.09. The molecular weight excluding hydrogens is 380 g/mol. The highest BCUT2D eigenvalue weighted by atomic mass is 16.6. The zero-order chi connectivity index (χ0) is 22.1. The van der Waals surface area contributed by atoms with Crippen molar-refractivity contribution in [2.45, 2.75) is 65.3 Å². The van der Waals surface area contributed by atoms with Crippen molar-refractivity contribution in [3.05, 3.63) is 69.3 Å². The highest BCUT2D eigenvalue weighted by molar-refractivity contribution is 5.72. The van der Waals surface area contributed by atoms with Crippen LogP contribution in [-0.2, 0) is 16.8 Å². The van der Waals surface area contributed by atoms with Crippen molar-refractivity contribution >= 4 is 11.7 Å². The van der Waals surface area contributed by atoms with Crippen LogP contribution in [0.25, 0.3) is 0 Å². The molecule has 0 aliphatic heterocycles. The van der Waals surface area contributed by atoms with Gasteiger partial charge in [0.2, 0.25) is 0 Å². The number of nitro groups is 1. The number of nitro benzene ring substituents is 1. The Morgan fingerprint density at radius 3 is 2.37 bits per heavy atom. The fraction of sp³-hybridized carbons (Fsp3) is 0.458. The molecule has 0 atom stereocenters. The molecule has 0 spiro atoms. The first kappa shape index (κ1) is 23.5. The molecule has 2 aromatic rings. The lowest BCUT2D eigenvalue weighted by atomic mass is 9.87. The number of carbonyl (C=O) groups is 1. The Morgan fingerprint density at radius 2 is 1.77 bits per heavy atom. The minimum atomic E-state index is -0.465. The number of ether oxygens (including phenoxy) is 1. The second kappa shape index (κ2) is 10.9. The van der Waals surface area contributed by atoms with Crippen LogP contribution in [0.1, 0.15) is 63.1 Å². The predicted octanol–water partition coefficient (Wildman–Crippen LogP) is 5.46. The molecule has 2 rings (SSSR count). The Labute approximate surface area is 178 Å². The first-order valence-corrected chi connectivity index (χ1v) is 10.4. The van der Waals surface area contributed by atoms with Crippen LogP contribution in [-0.4, -0.2) is 17.4 Å². The summed E-state index contributed by atoms with van der Waals surface area (Å²) < 4.78 is 5.32. The Balaban J connectivity index is 1.60. The van der Waals surface area contributed by atoms with Gasteiger partial charge in [-0.3, -0.25) is 14.9 Å². The maximum absolute atomic E-state index is 12.0. The third kappa shape index (κ3) is 7.59. The highest BCUT2D eigenvalue weighted by Crippen LogP contribution is 2.24. The normalized spacial score (nSPS) is 11.3. The number of nitrogens with one attached hydrogen (secondary N) is 1. The first-order valence-electron chi connectivity index (χ1n) is 10.4. The van der Waals surface area contributed by atoms with Gasteiger partial charge >= 0.3 is 5.97 Å². The number of non-ortho nitro benzene ring substituents is 1. The quantitative estimate of drug-likeness (QED) is 0.184. The lowest BCUT2D eigenvalue weighted by molar-refractivity contribution is -0.384. The van der Waals surface area contributed by atoms with Gasteiger partial charge < -0.3 is 10.1 Å². The zero-order valence-electron chi connectivity index (χ0n) is 18.4. The zero-order valence-corrected chi connectivity index (χ0v) is 18.4. The van der Waals surface area contributed by atoms with E-state index < -0.39 is 4.92 Å². The Kier molecular flexibility index (Phi) is 8.54. The molecule has 0 heterocycles. The first-order chi connectivity index (χ1) is 14.2. The number of aryl methyl sites for hydroxylation is 1. The summed E-state index contributed by atoms with van der Waals surface area (Å²) in [6, 6.07) is 12.9. The Morgan fingerprint density at radius 1 is 1.07 bits per heavy atom. The Bertz CT molecular complexity index is 854. The molecule has 6 nitrogen and oxygen atoms in total. The van der Waals surface area contributed by atoms with Gasteiger partial charge in [0.15, 0.2) is 0 Å². The van der Waals surface area contributed by atoms with Crippen LogP contribution >= 0.6 is 0 Å². The van der Waals surface area contributed by atoms with Crippen molar-refractivity contribution in [3.8, 4) is 5.75 Å². The molecule has 0 aliphatic rings. The topological polar surface area (TPSA) is 81.5 Å². The molecule has 0 aromatic heterocycles. The van der Waals surface area contributed by atoms with Crippen molar-refractivity contribution in [2.24, 2.45) is 0 Å². The van der Waals surface area contributed by atoms with E-state index in [9.17, 15) is 14.9 Å². The number of nitrogens with zero attached hydrogens (tertiary/aromatic N) is 1. The van der Waals surface area contributed by atoms with E-state index in [0.29, 0.717) is 17.7 Å². The Hall–Kier alpha value is -2.73. The minimum Gasteiger partial charge on any atom is -0.426 e. The van der Waals surface area contributed by atoms with Crippen LogP contribution in [0, 0.1) is 17.0 Å². The molecule has 1 N–H and O–H groups in total. The third-order valence-corrected chi connectivity index (χ3v) is 4.98. The number of hydrogen-bond acceptors (Lipinski definition) is 5.